The molecule has 0 bridgehead atoms. The maximum atomic E-state index is 6.21. The van der Waals surface area contributed by atoms with E-state index in [4.69, 9.17) is 16.3 Å². The largest absolute Gasteiger partial charge is 0.383 e. The molecule has 0 amide bonds. The maximum absolute atomic E-state index is 6.21. The standard InChI is InChI=1S/C17H29ClN2O/c1-13(2)20(9-10-21-6)16-11-15(18)8-7-14(16)12-19-17(3,4)5/h7-8,11,13,19H,9-10,12H2,1-6H3. The van der Waals surface area contributed by atoms with Gasteiger partial charge in [-0.3, -0.25) is 0 Å². The molecule has 0 aliphatic carbocycles. The van der Waals surface area contributed by atoms with Crippen molar-refractivity contribution >= 4 is 17.3 Å². The van der Waals surface area contributed by atoms with Crippen LogP contribution >= 0.6 is 11.6 Å². The Morgan fingerprint density at radius 3 is 2.48 bits per heavy atom. The van der Waals surface area contributed by atoms with E-state index in [0.717, 1.165) is 18.1 Å². The molecule has 0 aliphatic rings. The lowest BCUT2D eigenvalue weighted by molar-refractivity contribution is 0.203. The normalized spacial score (nSPS) is 12.0. The van der Waals surface area contributed by atoms with Crippen molar-refractivity contribution in [1.82, 2.24) is 5.32 Å². The Hall–Kier alpha value is -0.770. The minimum Gasteiger partial charge on any atom is -0.383 e. The van der Waals surface area contributed by atoms with Crippen LogP contribution in [-0.2, 0) is 11.3 Å². The first-order valence-corrected chi connectivity index (χ1v) is 7.91. The van der Waals surface area contributed by atoms with Crippen LogP contribution in [-0.4, -0.2) is 31.8 Å². The van der Waals surface area contributed by atoms with Crippen molar-refractivity contribution in [3.8, 4) is 0 Å². The first-order valence-electron chi connectivity index (χ1n) is 7.53. The minimum absolute atomic E-state index is 0.0894. The fraction of sp³-hybridized carbons (Fsp3) is 0.647. The van der Waals surface area contributed by atoms with Gasteiger partial charge in [-0.1, -0.05) is 17.7 Å². The number of hydrogen-bond donors (Lipinski definition) is 1. The lowest BCUT2D eigenvalue weighted by Crippen LogP contribution is -2.37. The number of hydrogen-bond acceptors (Lipinski definition) is 3. The molecule has 0 fully saturated rings. The number of methoxy groups -OCH3 is 1. The maximum Gasteiger partial charge on any atom is 0.0637 e. The van der Waals surface area contributed by atoms with E-state index in [0.29, 0.717) is 12.6 Å². The molecule has 0 spiro atoms. The molecule has 21 heavy (non-hydrogen) atoms. The van der Waals surface area contributed by atoms with Gasteiger partial charge < -0.3 is 15.0 Å². The van der Waals surface area contributed by atoms with Crippen LogP contribution in [0.3, 0.4) is 0 Å². The molecule has 0 radical (unpaired) electrons. The second-order valence-electron chi connectivity index (χ2n) is 6.66. The minimum atomic E-state index is 0.0894. The van der Waals surface area contributed by atoms with E-state index in [-0.39, 0.29) is 5.54 Å². The number of benzene rings is 1. The third-order valence-electron chi connectivity index (χ3n) is 3.33. The Morgan fingerprint density at radius 1 is 1.29 bits per heavy atom. The van der Waals surface area contributed by atoms with Crippen LogP contribution in [0.2, 0.25) is 5.02 Å². The highest BCUT2D eigenvalue weighted by Crippen LogP contribution is 2.27. The van der Waals surface area contributed by atoms with Gasteiger partial charge in [-0.15, -0.1) is 0 Å². The lowest BCUT2D eigenvalue weighted by Gasteiger charge is -2.32. The Balaban J connectivity index is 3.03. The van der Waals surface area contributed by atoms with Gasteiger partial charge in [0.25, 0.3) is 0 Å². The van der Waals surface area contributed by atoms with E-state index in [1.165, 1.54) is 11.3 Å². The second-order valence-corrected chi connectivity index (χ2v) is 7.09. The van der Waals surface area contributed by atoms with Crippen LogP contribution in [0.15, 0.2) is 18.2 Å². The van der Waals surface area contributed by atoms with Crippen LogP contribution in [0.25, 0.3) is 0 Å². The number of nitrogens with one attached hydrogen (secondary N) is 1. The van der Waals surface area contributed by atoms with Crippen LogP contribution < -0.4 is 10.2 Å². The van der Waals surface area contributed by atoms with Gasteiger partial charge in [0.05, 0.1) is 6.61 Å². The number of nitrogens with zero attached hydrogens (tertiary/aromatic N) is 1. The highest BCUT2D eigenvalue weighted by atomic mass is 35.5. The van der Waals surface area contributed by atoms with Crippen LogP contribution in [0.1, 0.15) is 40.2 Å². The van der Waals surface area contributed by atoms with E-state index in [1.54, 1.807) is 7.11 Å². The van der Waals surface area contributed by atoms with E-state index in [1.807, 2.05) is 6.07 Å². The Labute approximate surface area is 134 Å². The zero-order chi connectivity index (χ0) is 16.0. The van der Waals surface area contributed by atoms with Gasteiger partial charge in [0.15, 0.2) is 0 Å². The van der Waals surface area contributed by atoms with E-state index in [2.05, 4.69) is 57.0 Å². The summed E-state index contributed by atoms with van der Waals surface area (Å²) in [5.41, 5.74) is 2.54. The highest BCUT2D eigenvalue weighted by Gasteiger charge is 2.16. The fourth-order valence-corrected chi connectivity index (χ4v) is 2.33. The van der Waals surface area contributed by atoms with Crippen molar-refractivity contribution in [3.63, 3.8) is 0 Å². The van der Waals surface area contributed by atoms with E-state index in [9.17, 15) is 0 Å². The average molecular weight is 313 g/mol. The first-order chi connectivity index (χ1) is 9.74. The molecule has 0 heterocycles. The van der Waals surface area contributed by atoms with Crippen molar-refractivity contribution in [1.29, 1.82) is 0 Å². The average Bonchev–Trinajstić information content (AvgIpc) is 2.36. The molecule has 1 N–H and O–H groups in total. The summed E-state index contributed by atoms with van der Waals surface area (Å²) in [6.45, 7) is 13.3. The monoisotopic (exact) mass is 312 g/mol. The third-order valence-corrected chi connectivity index (χ3v) is 3.56. The summed E-state index contributed by atoms with van der Waals surface area (Å²) in [5, 5.41) is 4.32. The van der Waals surface area contributed by atoms with Gasteiger partial charge >= 0.3 is 0 Å². The summed E-state index contributed by atoms with van der Waals surface area (Å²) in [4.78, 5) is 2.34. The molecular formula is C17H29ClN2O. The summed E-state index contributed by atoms with van der Waals surface area (Å²) in [6.07, 6.45) is 0. The number of anilines is 1. The van der Waals surface area contributed by atoms with Gasteiger partial charge in [-0.2, -0.15) is 0 Å². The highest BCUT2D eigenvalue weighted by molar-refractivity contribution is 6.30. The molecule has 4 heteroatoms. The fourth-order valence-electron chi connectivity index (χ4n) is 2.16. The van der Waals surface area contributed by atoms with Crippen LogP contribution in [0.4, 0.5) is 5.69 Å². The zero-order valence-electron chi connectivity index (χ0n) is 14.2. The topological polar surface area (TPSA) is 24.5 Å². The van der Waals surface area contributed by atoms with Gasteiger partial charge in [0.1, 0.15) is 0 Å². The summed E-state index contributed by atoms with van der Waals surface area (Å²) in [6, 6.07) is 6.52. The predicted octanol–water partition coefficient (Wildman–Crippen LogP) is 4.09. The summed E-state index contributed by atoms with van der Waals surface area (Å²) in [7, 11) is 1.73. The van der Waals surface area contributed by atoms with Gasteiger partial charge in [0, 0.05) is 42.5 Å². The van der Waals surface area contributed by atoms with Crippen molar-refractivity contribution in [3.05, 3.63) is 28.8 Å². The van der Waals surface area contributed by atoms with Crippen molar-refractivity contribution in [2.45, 2.75) is 52.7 Å². The molecule has 0 unspecified atom stereocenters. The zero-order valence-corrected chi connectivity index (χ0v) is 14.9. The Bertz CT molecular complexity index is 441. The Morgan fingerprint density at radius 2 is 1.95 bits per heavy atom. The smallest absolute Gasteiger partial charge is 0.0637 e. The molecule has 0 saturated heterocycles. The molecule has 3 nitrogen and oxygen atoms in total. The van der Waals surface area contributed by atoms with Crippen LogP contribution in [0, 0.1) is 0 Å². The van der Waals surface area contributed by atoms with Crippen molar-refractivity contribution < 1.29 is 4.74 Å². The van der Waals surface area contributed by atoms with E-state index < -0.39 is 0 Å². The molecule has 0 saturated carbocycles. The number of ether oxygens (including phenoxy) is 1. The van der Waals surface area contributed by atoms with E-state index >= 15 is 0 Å². The predicted molar refractivity (Wildman–Crippen MR) is 92.4 cm³/mol. The lowest BCUT2D eigenvalue weighted by atomic mass is 10.1. The number of rotatable bonds is 7. The molecule has 0 aromatic heterocycles. The molecule has 1 aromatic carbocycles. The summed E-state index contributed by atoms with van der Waals surface area (Å²) in [5.74, 6) is 0. The second kappa shape index (κ2) is 8.02. The SMILES string of the molecule is COCCN(c1cc(Cl)ccc1CNC(C)(C)C)C(C)C. The summed E-state index contributed by atoms with van der Waals surface area (Å²) >= 11 is 6.21. The van der Waals surface area contributed by atoms with Gasteiger partial charge in [-0.25, -0.2) is 0 Å². The van der Waals surface area contributed by atoms with Crippen molar-refractivity contribution in [2.24, 2.45) is 0 Å². The van der Waals surface area contributed by atoms with Crippen molar-refractivity contribution in [2.75, 3.05) is 25.2 Å². The summed E-state index contributed by atoms with van der Waals surface area (Å²) < 4.78 is 5.24. The quantitative estimate of drug-likeness (QED) is 0.820. The molecule has 0 aliphatic heterocycles. The first kappa shape index (κ1) is 18.3. The molecule has 1 rings (SSSR count). The van der Waals surface area contributed by atoms with Gasteiger partial charge in [0.2, 0.25) is 0 Å². The molecule has 1 aromatic rings. The van der Waals surface area contributed by atoms with Gasteiger partial charge in [-0.05, 0) is 52.3 Å². The van der Waals surface area contributed by atoms with Crippen LogP contribution in [0.5, 0.6) is 0 Å². The number of halogens is 1. The Kier molecular flexibility index (Phi) is 6.98. The molecule has 120 valence electrons. The molecular weight excluding hydrogens is 284 g/mol. The molecule has 0 atom stereocenters. The third kappa shape index (κ3) is 6.25.